The molecule has 0 spiro atoms. The molecule has 0 radical (unpaired) electrons. The van der Waals surface area contributed by atoms with Gasteiger partial charge in [0.05, 0.1) is 5.16 Å². The van der Waals surface area contributed by atoms with Gasteiger partial charge in [-0.25, -0.2) is 4.39 Å². The summed E-state index contributed by atoms with van der Waals surface area (Å²) in [5.41, 5.74) is 0.158. The maximum absolute atomic E-state index is 13.2. The van der Waals surface area contributed by atoms with Gasteiger partial charge in [-0.15, -0.1) is 0 Å². The van der Waals surface area contributed by atoms with Crippen LogP contribution in [0.25, 0.3) is 0 Å². The summed E-state index contributed by atoms with van der Waals surface area (Å²) < 4.78 is 18.3. The van der Waals surface area contributed by atoms with Gasteiger partial charge >= 0.3 is 0 Å². The number of nitrogens with zero attached hydrogens (tertiary/aromatic N) is 1. The highest BCUT2D eigenvalue weighted by molar-refractivity contribution is 7.78. The van der Waals surface area contributed by atoms with E-state index < -0.39 is 5.82 Å². The molecule has 1 rings (SSSR count). The second-order valence-corrected chi connectivity index (χ2v) is 2.60. The lowest BCUT2D eigenvalue weighted by atomic mass is 10.3. The van der Waals surface area contributed by atoms with E-state index in [0.29, 0.717) is 12.4 Å². The Morgan fingerprint density at radius 1 is 1.64 bits per heavy atom. The fourth-order valence-corrected chi connectivity index (χ4v) is 0.971. The molecule has 0 aromatic heterocycles. The van der Waals surface area contributed by atoms with Gasteiger partial charge in [0.25, 0.3) is 0 Å². The van der Waals surface area contributed by atoms with Gasteiger partial charge < -0.3 is 4.74 Å². The van der Waals surface area contributed by atoms with Gasteiger partial charge in [0.2, 0.25) is 0 Å². The first-order valence-corrected chi connectivity index (χ1v) is 4.30. The first-order chi connectivity index (χ1) is 6.77. The monoisotopic (exact) mass is 209 g/mol. The zero-order chi connectivity index (χ0) is 10.4. The van der Waals surface area contributed by atoms with Gasteiger partial charge in [0.15, 0.2) is 5.82 Å². The van der Waals surface area contributed by atoms with E-state index in [4.69, 9.17) is 4.74 Å². The van der Waals surface area contributed by atoms with Crippen LogP contribution in [0, 0.1) is 5.82 Å². The number of rotatable bonds is 4. The molecule has 1 aromatic rings. The molecule has 0 heterocycles. The number of hydrogen-bond acceptors (Lipinski definition) is 3. The maximum Gasteiger partial charge on any atom is 0.153 e. The largest absolute Gasteiger partial charge is 0.489 e. The van der Waals surface area contributed by atoms with Crippen molar-refractivity contribution in [2.75, 3.05) is 6.61 Å². The molecule has 2 nitrogen and oxygen atoms in total. The Kier molecular flexibility index (Phi) is 3.98. The Morgan fingerprint density at radius 3 is 3.00 bits per heavy atom. The summed E-state index contributed by atoms with van der Waals surface area (Å²) in [7, 11) is 0. The van der Waals surface area contributed by atoms with Crippen LogP contribution in [0.15, 0.2) is 35.8 Å². The zero-order valence-corrected chi connectivity index (χ0v) is 8.18. The molecule has 0 N–H and O–H groups in total. The van der Waals surface area contributed by atoms with Gasteiger partial charge in [-0.2, -0.15) is 4.99 Å². The Bertz CT molecular complexity index is 386. The molecule has 0 amide bonds. The topological polar surface area (TPSA) is 21.6 Å². The van der Waals surface area contributed by atoms with Crippen molar-refractivity contribution in [2.24, 2.45) is 4.99 Å². The fraction of sp³-hybridized carbons (Fsp3) is 0.100. The van der Waals surface area contributed by atoms with Crippen LogP contribution in [0.3, 0.4) is 0 Å². The second kappa shape index (κ2) is 5.27. The number of hydrogen-bond donors (Lipinski definition) is 0. The molecule has 0 saturated heterocycles. The van der Waals surface area contributed by atoms with Gasteiger partial charge in [0.1, 0.15) is 18.0 Å². The molecule has 0 atom stereocenters. The number of thiocarbonyl (C=S) groups is 1. The molecule has 14 heavy (non-hydrogen) atoms. The Morgan fingerprint density at radius 2 is 2.43 bits per heavy atom. The number of aliphatic imine (C=N–C) groups is 1. The minimum Gasteiger partial charge on any atom is -0.489 e. The van der Waals surface area contributed by atoms with Crippen LogP contribution >= 0.6 is 12.2 Å². The average Bonchev–Trinajstić information content (AvgIpc) is 2.19. The van der Waals surface area contributed by atoms with Crippen molar-refractivity contribution in [1.29, 1.82) is 0 Å². The van der Waals surface area contributed by atoms with Crippen molar-refractivity contribution in [3.05, 3.63) is 36.7 Å². The lowest BCUT2D eigenvalue weighted by Crippen LogP contribution is -1.92. The fourth-order valence-electron chi connectivity index (χ4n) is 0.872. The van der Waals surface area contributed by atoms with Crippen molar-refractivity contribution < 1.29 is 9.13 Å². The summed E-state index contributed by atoms with van der Waals surface area (Å²) in [5.74, 6) is -0.0466. The standard InChI is InChI=1S/C10H8FNOS/c1-2-5-13-8-3-4-10(12-7-14)9(11)6-8/h2-4,6H,1,5H2. The molecule has 0 aliphatic heterocycles. The minimum absolute atomic E-state index is 0.158. The number of ether oxygens (including phenoxy) is 1. The number of halogens is 1. The lowest BCUT2D eigenvalue weighted by molar-refractivity contribution is 0.361. The smallest absolute Gasteiger partial charge is 0.153 e. The highest BCUT2D eigenvalue weighted by Gasteiger charge is 2.01. The first-order valence-electron chi connectivity index (χ1n) is 3.89. The molecule has 0 aliphatic carbocycles. The molecule has 0 bridgehead atoms. The van der Waals surface area contributed by atoms with E-state index in [-0.39, 0.29) is 5.69 Å². The molecule has 4 heteroatoms. The molecule has 0 saturated carbocycles. The van der Waals surface area contributed by atoms with Crippen molar-refractivity contribution in [1.82, 2.24) is 0 Å². The number of isothiocyanates is 1. The predicted octanol–water partition coefficient (Wildman–Crippen LogP) is 3.12. The first kappa shape index (κ1) is 10.6. The number of benzene rings is 1. The van der Waals surface area contributed by atoms with E-state index in [0.717, 1.165) is 0 Å². The van der Waals surface area contributed by atoms with Crippen LogP contribution in [0.2, 0.25) is 0 Å². The predicted molar refractivity (Wildman–Crippen MR) is 56.8 cm³/mol. The van der Waals surface area contributed by atoms with Crippen molar-refractivity contribution >= 4 is 23.1 Å². The Balaban J connectivity index is 2.88. The van der Waals surface area contributed by atoms with Gasteiger partial charge in [-0.3, -0.25) is 0 Å². The Hall–Kier alpha value is -1.51. The normalized spacial score (nSPS) is 8.93. The summed E-state index contributed by atoms with van der Waals surface area (Å²) in [6.45, 7) is 3.83. The van der Waals surface area contributed by atoms with Gasteiger partial charge in [-0.1, -0.05) is 12.7 Å². The van der Waals surface area contributed by atoms with Crippen LogP contribution in [0.5, 0.6) is 5.75 Å². The molecule has 1 aromatic carbocycles. The van der Waals surface area contributed by atoms with Crippen LogP contribution in [0.4, 0.5) is 10.1 Å². The third-order valence-corrected chi connectivity index (χ3v) is 1.54. The quantitative estimate of drug-likeness (QED) is 0.431. The van der Waals surface area contributed by atoms with Crippen molar-refractivity contribution in [2.45, 2.75) is 0 Å². The summed E-state index contributed by atoms with van der Waals surface area (Å²) in [4.78, 5) is 3.54. The van der Waals surface area contributed by atoms with Crippen molar-refractivity contribution in [3.63, 3.8) is 0 Å². The highest BCUT2D eigenvalue weighted by atomic mass is 32.1. The second-order valence-electron chi connectivity index (χ2n) is 2.42. The summed E-state index contributed by atoms with van der Waals surface area (Å²) in [6, 6.07) is 4.33. The lowest BCUT2D eigenvalue weighted by Gasteiger charge is -2.03. The summed E-state index contributed by atoms with van der Waals surface area (Å²) in [5, 5.41) is 2.10. The van der Waals surface area contributed by atoms with Crippen LogP contribution in [0.1, 0.15) is 0 Å². The van der Waals surface area contributed by atoms with E-state index in [9.17, 15) is 4.39 Å². The van der Waals surface area contributed by atoms with E-state index in [1.54, 1.807) is 12.1 Å². The average molecular weight is 209 g/mol. The SMILES string of the molecule is C=CCOc1ccc(N=C=S)c(F)c1. The van der Waals surface area contributed by atoms with Gasteiger partial charge in [0, 0.05) is 6.07 Å². The molecule has 72 valence electrons. The maximum atomic E-state index is 13.2. The van der Waals surface area contributed by atoms with Crippen LogP contribution in [-0.2, 0) is 0 Å². The van der Waals surface area contributed by atoms with Crippen molar-refractivity contribution in [3.8, 4) is 5.75 Å². The molecule has 0 unspecified atom stereocenters. The van der Waals surface area contributed by atoms with Crippen LogP contribution in [-0.4, -0.2) is 11.8 Å². The molecular weight excluding hydrogens is 201 g/mol. The minimum atomic E-state index is -0.482. The molecule has 0 fully saturated rings. The molecule has 0 aliphatic rings. The van der Waals surface area contributed by atoms with Gasteiger partial charge in [-0.05, 0) is 24.4 Å². The molecular formula is C10H8FNOS. The summed E-state index contributed by atoms with van der Waals surface area (Å²) in [6.07, 6.45) is 1.58. The zero-order valence-electron chi connectivity index (χ0n) is 7.37. The van der Waals surface area contributed by atoms with E-state index in [2.05, 4.69) is 29.0 Å². The van der Waals surface area contributed by atoms with E-state index in [1.165, 1.54) is 12.1 Å². The third kappa shape index (κ3) is 2.76. The van der Waals surface area contributed by atoms with E-state index in [1.807, 2.05) is 0 Å². The van der Waals surface area contributed by atoms with Crippen LogP contribution < -0.4 is 4.74 Å². The third-order valence-electron chi connectivity index (χ3n) is 1.45. The Labute approximate surface area is 86.7 Å². The summed E-state index contributed by atoms with van der Waals surface area (Å²) >= 11 is 4.37. The highest BCUT2D eigenvalue weighted by Crippen LogP contribution is 2.22. The van der Waals surface area contributed by atoms with E-state index >= 15 is 0 Å².